The fraction of sp³-hybridized carbons (Fsp3) is 0.357. The Kier molecular flexibility index (Phi) is 4.84. The highest BCUT2D eigenvalue weighted by molar-refractivity contribution is 8.26. The summed E-state index contributed by atoms with van der Waals surface area (Å²) in [6.07, 6.45) is 4.03. The molecule has 0 bridgehead atoms. The van der Waals surface area contributed by atoms with Crippen LogP contribution in [0.2, 0.25) is 0 Å². The molecule has 2 heterocycles. The van der Waals surface area contributed by atoms with Gasteiger partial charge in [0.15, 0.2) is 4.32 Å². The number of hydrazine groups is 1. The summed E-state index contributed by atoms with van der Waals surface area (Å²) in [5.74, 6) is -0.271. The number of nitrogens with one attached hydrogen (secondary N) is 1. The van der Waals surface area contributed by atoms with Gasteiger partial charge in [-0.2, -0.15) is 5.01 Å². The van der Waals surface area contributed by atoms with Crippen LogP contribution in [-0.2, 0) is 16.6 Å². The first kappa shape index (κ1) is 15.8. The van der Waals surface area contributed by atoms with E-state index in [-0.39, 0.29) is 17.7 Å². The van der Waals surface area contributed by atoms with Gasteiger partial charge in [-0.25, -0.2) is 0 Å². The van der Waals surface area contributed by atoms with Crippen molar-refractivity contribution in [1.29, 1.82) is 0 Å². The second-order valence-electron chi connectivity index (χ2n) is 5.19. The lowest BCUT2D eigenvalue weighted by atomic mass is 10.1. The summed E-state index contributed by atoms with van der Waals surface area (Å²) in [7, 11) is 1.90. The molecule has 1 aromatic heterocycles. The minimum Gasteiger partial charge on any atom is -0.351 e. The van der Waals surface area contributed by atoms with Gasteiger partial charge in [0.1, 0.15) is 0 Å². The van der Waals surface area contributed by atoms with Crippen LogP contribution in [0, 0.1) is 5.92 Å². The van der Waals surface area contributed by atoms with E-state index in [0.29, 0.717) is 15.6 Å². The third-order valence-corrected chi connectivity index (χ3v) is 4.19. The van der Waals surface area contributed by atoms with Crippen molar-refractivity contribution in [2.45, 2.75) is 20.3 Å². The monoisotopic (exact) mass is 323 g/mol. The molecule has 0 saturated carbocycles. The van der Waals surface area contributed by atoms with E-state index in [2.05, 4.69) is 5.43 Å². The normalized spacial score (nSPS) is 17.1. The molecule has 0 radical (unpaired) electrons. The van der Waals surface area contributed by atoms with E-state index >= 15 is 0 Å². The van der Waals surface area contributed by atoms with Gasteiger partial charge in [0.2, 0.25) is 5.91 Å². The number of carbonyl (C=O) groups is 2. The van der Waals surface area contributed by atoms with Gasteiger partial charge in [0.25, 0.3) is 5.91 Å². The fourth-order valence-corrected chi connectivity index (χ4v) is 3.03. The van der Waals surface area contributed by atoms with Gasteiger partial charge >= 0.3 is 0 Å². The summed E-state index contributed by atoms with van der Waals surface area (Å²) >= 11 is 6.35. The molecule has 1 aromatic rings. The van der Waals surface area contributed by atoms with Crippen molar-refractivity contribution in [2.75, 3.05) is 0 Å². The Balaban J connectivity index is 2.12. The number of carbonyl (C=O) groups excluding carboxylic acids is 2. The Hall–Kier alpha value is -1.60. The average Bonchev–Trinajstić information content (AvgIpc) is 2.88. The van der Waals surface area contributed by atoms with Crippen LogP contribution in [0.1, 0.15) is 26.0 Å². The predicted molar refractivity (Wildman–Crippen MR) is 88.0 cm³/mol. The highest BCUT2D eigenvalue weighted by Gasteiger charge is 2.33. The molecule has 2 amide bonds. The number of nitrogens with zero attached hydrogens (tertiary/aromatic N) is 2. The lowest BCUT2D eigenvalue weighted by Gasteiger charge is -2.16. The number of thioether (sulfide) groups is 1. The topological polar surface area (TPSA) is 54.3 Å². The Labute approximate surface area is 133 Å². The van der Waals surface area contributed by atoms with Crippen LogP contribution < -0.4 is 5.43 Å². The number of rotatable bonds is 4. The lowest BCUT2D eigenvalue weighted by molar-refractivity contribution is -0.133. The molecule has 0 atom stereocenters. The van der Waals surface area contributed by atoms with E-state index in [1.54, 1.807) is 6.08 Å². The molecule has 112 valence electrons. The van der Waals surface area contributed by atoms with Crippen molar-refractivity contribution in [3.8, 4) is 0 Å². The minimum atomic E-state index is -0.289. The van der Waals surface area contributed by atoms with Gasteiger partial charge < -0.3 is 4.57 Å². The summed E-state index contributed by atoms with van der Waals surface area (Å²) < 4.78 is 2.25. The number of amides is 2. The molecule has 1 saturated heterocycles. The van der Waals surface area contributed by atoms with Crippen molar-refractivity contribution < 1.29 is 9.59 Å². The third-order valence-electron chi connectivity index (χ3n) is 2.89. The summed E-state index contributed by atoms with van der Waals surface area (Å²) in [5, 5.41) is 1.15. The van der Waals surface area contributed by atoms with Crippen molar-refractivity contribution in [3.05, 3.63) is 28.9 Å². The molecular weight excluding hydrogens is 306 g/mol. The minimum absolute atomic E-state index is 0.207. The quantitative estimate of drug-likeness (QED) is 0.682. The molecule has 0 aliphatic carbocycles. The Bertz CT molecular complexity index is 619. The Morgan fingerprint density at radius 1 is 1.52 bits per heavy atom. The van der Waals surface area contributed by atoms with Gasteiger partial charge in [-0.3, -0.25) is 15.0 Å². The Morgan fingerprint density at radius 3 is 2.81 bits per heavy atom. The summed E-state index contributed by atoms with van der Waals surface area (Å²) in [6, 6.07) is 3.81. The molecule has 2 rings (SSSR count). The van der Waals surface area contributed by atoms with E-state index in [0.717, 1.165) is 10.7 Å². The first-order valence-corrected chi connectivity index (χ1v) is 7.79. The molecule has 5 nitrogen and oxygen atoms in total. The molecule has 1 N–H and O–H groups in total. The van der Waals surface area contributed by atoms with E-state index in [1.807, 2.05) is 43.8 Å². The van der Waals surface area contributed by atoms with Crippen LogP contribution in [-0.4, -0.2) is 25.7 Å². The van der Waals surface area contributed by atoms with Crippen LogP contribution in [0.3, 0.4) is 0 Å². The molecule has 21 heavy (non-hydrogen) atoms. The van der Waals surface area contributed by atoms with Gasteiger partial charge in [0.05, 0.1) is 4.91 Å². The van der Waals surface area contributed by atoms with Crippen LogP contribution in [0.25, 0.3) is 6.08 Å². The van der Waals surface area contributed by atoms with E-state index in [4.69, 9.17) is 12.2 Å². The second kappa shape index (κ2) is 6.44. The number of aromatic nitrogens is 1. The third kappa shape index (κ3) is 3.74. The molecule has 1 fully saturated rings. The zero-order valence-electron chi connectivity index (χ0n) is 12.1. The fourth-order valence-electron chi connectivity index (χ4n) is 1.86. The first-order valence-electron chi connectivity index (χ1n) is 6.57. The maximum Gasteiger partial charge on any atom is 0.285 e. The van der Waals surface area contributed by atoms with Crippen molar-refractivity contribution in [1.82, 2.24) is 15.0 Å². The number of hydrogen-bond acceptors (Lipinski definition) is 4. The van der Waals surface area contributed by atoms with Gasteiger partial charge in [-0.05, 0) is 36.3 Å². The molecule has 1 aliphatic rings. The maximum atomic E-state index is 12.3. The van der Waals surface area contributed by atoms with E-state index in [9.17, 15) is 9.59 Å². The van der Waals surface area contributed by atoms with Crippen LogP contribution >= 0.6 is 24.0 Å². The lowest BCUT2D eigenvalue weighted by Crippen LogP contribution is -2.45. The number of aryl methyl sites for hydroxylation is 1. The Morgan fingerprint density at radius 2 is 2.24 bits per heavy atom. The smallest absolute Gasteiger partial charge is 0.285 e. The highest BCUT2D eigenvalue weighted by Crippen LogP contribution is 2.31. The second-order valence-corrected chi connectivity index (χ2v) is 6.87. The molecule has 0 unspecified atom stereocenters. The molecular formula is C14H17N3O2S2. The molecule has 0 spiro atoms. The van der Waals surface area contributed by atoms with E-state index in [1.165, 1.54) is 11.8 Å². The van der Waals surface area contributed by atoms with Gasteiger partial charge in [-0.1, -0.05) is 25.6 Å². The molecule has 0 aromatic carbocycles. The largest absolute Gasteiger partial charge is 0.351 e. The zero-order chi connectivity index (χ0) is 15.6. The zero-order valence-corrected chi connectivity index (χ0v) is 13.8. The van der Waals surface area contributed by atoms with Crippen LogP contribution in [0.4, 0.5) is 0 Å². The highest BCUT2D eigenvalue weighted by atomic mass is 32.2. The van der Waals surface area contributed by atoms with Crippen molar-refractivity contribution >= 4 is 46.2 Å². The van der Waals surface area contributed by atoms with Gasteiger partial charge in [0, 0.05) is 25.4 Å². The summed E-state index contributed by atoms with van der Waals surface area (Å²) in [6.45, 7) is 3.89. The van der Waals surface area contributed by atoms with E-state index < -0.39 is 0 Å². The van der Waals surface area contributed by atoms with Crippen LogP contribution in [0.15, 0.2) is 23.2 Å². The summed E-state index contributed by atoms with van der Waals surface area (Å²) in [4.78, 5) is 24.6. The SMILES string of the molecule is CC(C)CC(=O)NN1C(=O)C(=Cc2cccn2C)SC1=S. The molecule has 1 aliphatic heterocycles. The van der Waals surface area contributed by atoms with Gasteiger partial charge in [-0.15, -0.1) is 0 Å². The van der Waals surface area contributed by atoms with Crippen molar-refractivity contribution in [3.63, 3.8) is 0 Å². The predicted octanol–water partition coefficient (Wildman–Crippen LogP) is 2.30. The first-order chi connectivity index (χ1) is 9.88. The standard InChI is InChI=1S/C14H17N3O2S2/c1-9(2)7-12(18)15-17-13(19)11(21-14(17)20)8-10-5-4-6-16(10)3/h4-6,8-9H,7H2,1-3H3,(H,15,18). The number of hydrogen-bond donors (Lipinski definition) is 1. The van der Waals surface area contributed by atoms with Crippen molar-refractivity contribution in [2.24, 2.45) is 13.0 Å². The van der Waals surface area contributed by atoms with Crippen LogP contribution in [0.5, 0.6) is 0 Å². The maximum absolute atomic E-state index is 12.3. The average molecular weight is 323 g/mol. The molecule has 7 heteroatoms. The number of thiocarbonyl (C=S) groups is 1. The summed E-state index contributed by atoms with van der Waals surface area (Å²) in [5.41, 5.74) is 3.48.